The van der Waals surface area contributed by atoms with Gasteiger partial charge in [-0.3, -0.25) is 0 Å². The highest BCUT2D eigenvalue weighted by Gasteiger charge is 2.24. The Morgan fingerprint density at radius 2 is 1.50 bits per heavy atom. The third kappa shape index (κ3) is 3.92. The number of aryl methyl sites for hydroxylation is 2. The zero-order valence-corrected chi connectivity index (χ0v) is 17.6. The first-order chi connectivity index (χ1) is 14.3. The maximum atomic E-state index is 12.2. The summed E-state index contributed by atoms with van der Waals surface area (Å²) in [6.07, 6.45) is 0.496. The van der Waals surface area contributed by atoms with Gasteiger partial charge in [-0.05, 0) is 36.6 Å². The van der Waals surface area contributed by atoms with Crippen LogP contribution in [0.5, 0.6) is 0 Å². The molecule has 0 aliphatic rings. The van der Waals surface area contributed by atoms with E-state index in [2.05, 4.69) is 0 Å². The van der Waals surface area contributed by atoms with Crippen molar-refractivity contribution in [3.8, 4) is 22.6 Å². The van der Waals surface area contributed by atoms with Crippen LogP contribution in [0.4, 0.5) is 0 Å². The van der Waals surface area contributed by atoms with Crippen molar-refractivity contribution in [3.63, 3.8) is 0 Å². The predicted octanol–water partition coefficient (Wildman–Crippen LogP) is 4.86. The third-order valence-electron chi connectivity index (χ3n) is 5.03. The lowest BCUT2D eigenvalue weighted by Gasteiger charge is -2.10. The lowest BCUT2D eigenvalue weighted by atomic mass is 9.97. The van der Waals surface area contributed by atoms with Crippen molar-refractivity contribution in [2.24, 2.45) is 5.14 Å². The second-order valence-corrected chi connectivity index (χ2v) is 8.79. The van der Waals surface area contributed by atoms with Gasteiger partial charge in [0.15, 0.2) is 11.7 Å². The van der Waals surface area contributed by atoms with Gasteiger partial charge < -0.3 is 4.42 Å². The SMILES string of the molecule is Cc1cccc(C)c1-c1oc(Cc2ccccc2)nc1-c1ccccc1S(N)(=O)=O. The van der Waals surface area contributed by atoms with Crippen LogP contribution in [-0.4, -0.2) is 13.4 Å². The van der Waals surface area contributed by atoms with E-state index in [1.54, 1.807) is 18.2 Å². The number of hydrogen-bond acceptors (Lipinski definition) is 4. The molecule has 30 heavy (non-hydrogen) atoms. The molecule has 0 saturated carbocycles. The average molecular weight is 419 g/mol. The third-order valence-corrected chi connectivity index (χ3v) is 6.00. The number of primary sulfonamides is 1. The molecule has 1 heterocycles. The summed E-state index contributed by atoms with van der Waals surface area (Å²) in [5.41, 5.74) is 4.91. The maximum absolute atomic E-state index is 12.2. The number of benzene rings is 3. The van der Waals surface area contributed by atoms with Gasteiger partial charge in [0.25, 0.3) is 0 Å². The number of oxazole rings is 1. The van der Waals surface area contributed by atoms with Gasteiger partial charge in [-0.15, -0.1) is 0 Å². The molecule has 0 bridgehead atoms. The maximum Gasteiger partial charge on any atom is 0.238 e. The zero-order valence-electron chi connectivity index (χ0n) is 16.8. The number of aromatic nitrogens is 1. The minimum Gasteiger partial charge on any atom is -0.440 e. The Bertz CT molecular complexity index is 1290. The van der Waals surface area contributed by atoms with Gasteiger partial charge in [0.1, 0.15) is 5.69 Å². The molecule has 152 valence electrons. The number of sulfonamides is 1. The van der Waals surface area contributed by atoms with Crippen molar-refractivity contribution < 1.29 is 12.8 Å². The molecule has 0 aliphatic heterocycles. The van der Waals surface area contributed by atoms with Gasteiger partial charge in [-0.1, -0.05) is 66.7 Å². The van der Waals surface area contributed by atoms with E-state index >= 15 is 0 Å². The lowest BCUT2D eigenvalue weighted by Crippen LogP contribution is -2.13. The highest BCUT2D eigenvalue weighted by molar-refractivity contribution is 7.89. The summed E-state index contributed by atoms with van der Waals surface area (Å²) < 4.78 is 30.7. The molecule has 0 radical (unpaired) electrons. The van der Waals surface area contributed by atoms with Crippen molar-refractivity contribution in [1.29, 1.82) is 0 Å². The van der Waals surface area contributed by atoms with Crippen LogP contribution in [0.1, 0.15) is 22.6 Å². The second-order valence-electron chi connectivity index (χ2n) is 7.26. The fourth-order valence-electron chi connectivity index (χ4n) is 3.65. The highest BCUT2D eigenvalue weighted by Crippen LogP contribution is 2.38. The molecule has 2 N–H and O–H groups in total. The quantitative estimate of drug-likeness (QED) is 0.501. The fraction of sp³-hybridized carbons (Fsp3) is 0.125. The molecule has 4 rings (SSSR count). The largest absolute Gasteiger partial charge is 0.440 e. The Balaban J connectivity index is 1.96. The monoisotopic (exact) mass is 418 g/mol. The second kappa shape index (κ2) is 7.89. The first kappa shape index (κ1) is 20.1. The predicted molar refractivity (Wildman–Crippen MR) is 117 cm³/mol. The molecule has 5 nitrogen and oxygen atoms in total. The van der Waals surface area contributed by atoms with E-state index in [4.69, 9.17) is 14.5 Å². The van der Waals surface area contributed by atoms with Crippen LogP contribution in [0.2, 0.25) is 0 Å². The van der Waals surface area contributed by atoms with Crippen molar-refractivity contribution >= 4 is 10.0 Å². The average Bonchev–Trinajstić information content (AvgIpc) is 3.11. The highest BCUT2D eigenvalue weighted by atomic mass is 32.2. The van der Waals surface area contributed by atoms with Gasteiger partial charge in [0.2, 0.25) is 10.0 Å². The van der Waals surface area contributed by atoms with Crippen LogP contribution in [0.15, 0.2) is 82.1 Å². The Morgan fingerprint density at radius 3 is 2.17 bits per heavy atom. The van der Waals surface area contributed by atoms with Crippen LogP contribution >= 0.6 is 0 Å². The summed E-state index contributed by atoms with van der Waals surface area (Å²) in [4.78, 5) is 4.75. The minimum atomic E-state index is -3.93. The summed E-state index contributed by atoms with van der Waals surface area (Å²) in [6.45, 7) is 3.99. The van der Waals surface area contributed by atoms with Crippen molar-refractivity contribution in [1.82, 2.24) is 4.98 Å². The molecule has 6 heteroatoms. The molecule has 0 saturated heterocycles. The van der Waals surface area contributed by atoms with Crippen LogP contribution < -0.4 is 5.14 Å². The van der Waals surface area contributed by atoms with Gasteiger partial charge in [-0.2, -0.15) is 0 Å². The summed E-state index contributed by atoms with van der Waals surface area (Å²) in [5.74, 6) is 1.06. The Kier molecular flexibility index (Phi) is 5.28. The Hall–Kier alpha value is -3.22. The summed E-state index contributed by atoms with van der Waals surface area (Å²) in [6, 6.07) is 22.5. The van der Waals surface area contributed by atoms with Gasteiger partial charge in [-0.25, -0.2) is 18.5 Å². The first-order valence-electron chi connectivity index (χ1n) is 9.57. The Labute approximate surface area is 176 Å². The van der Waals surface area contributed by atoms with Gasteiger partial charge >= 0.3 is 0 Å². The van der Waals surface area contributed by atoms with E-state index in [1.807, 2.05) is 62.4 Å². The first-order valence-corrected chi connectivity index (χ1v) is 11.1. The standard InChI is InChI=1S/C24H22N2O3S/c1-16-9-8-10-17(2)22(16)24-23(19-13-6-7-14-20(19)30(25,27)28)26-21(29-24)15-18-11-4-3-5-12-18/h3-14H,15H2,1-2H3,(H2,25,27,28). The van der Waals surface area contributed by atoms with Crippen LogP contribution in [0.3, 0.4) is 0 Å². The fourth-order valence-corrected chi connectivity index (χ4v) is 4.38. The van der Waals surface area contributed by atoms with Crippen LogP contribution in [-0.2, 0) is 16.4 Å². The van der Waals surface area contributed by atoms with Gasteiger partial charge in [0, 0.05) is 17.5 Å². The van der Waals surface area contributed by atoms with E-state index in [0.717, 1.165) is 22.3 Å². The molecule has 3 aromatic carbocycles. The summed E-state index contributed by atoms with van der Waals surface area (Å²) in [7, 11) is -3.93. The molecule has 0 spiro atoms. The Morgan fingerprint density at radius 1 is 0.867 bits per heavy atom. The molecular formula is C24H22N2O3S. The van der Waals surface area contributed by atoms with E-state index in [-0.39, 0.29) is 4.90 Å². The molecule has 4 aromatic rings. The summed E-state index contributed by atoms with van der Waals surface area (Å²) >= 11 is 0. The van der Waals surface area contributed by atoms with Crippen LogP contribution in [0.25, 0.3) is 22.6 Å². The number of rotatable bonds is 5. The van der Waals surface area contributed by atoms with E-state index < -0.39 is 10.0 Å². The zero-order chi connectivity index (χ0) is 21.3. The molecule has 0 atom stereocenters. The molecule has 0 fully saturated rings. The summed E-state index contributed by atoms with van der Waals surface area (Å²) in [5, 5.41) is 5.49. The molecule has 0 unspecified atom stereocenters. The number of nitrogens with two attached hydrogens (primary N) is 1. The van der Waals surface area contributed by atoms with E-state index in [0.29, 0.717) is 29.3 Å². The number of nitrogens with zero attached hydrogens (tertiary/aromatic N) is 1. The smallest absolute Gasteiger partial charge is 0.238 e. The van der Waals surface area contributed by atoms with Crippen molar-refractivity contribution in [2.45, 2.75) is 25.2 Å². The number of hydrogen-bond donors (Lipinski definition) is 1. The normalized spacial score (nSPS) is 11.6. The van der Waals surface area contributed by atoms with Crippen LogP contribution in [0, 0.1) is 13.8 Å². The van der Waals surface area contributed by atoms with Crippen molar-refractivity contribution in [3.05, 3.63) is 95.4 Å². The van der Waals surface area contributed by atoms with E-state index in [1.165, 1.54) is 6.07 Å². The molecule has 0 amide bonds. The molecule has 0 aliphatic carbocycles. The van der Waals surface area contributed by atoms with Gasteiger partial charge in [0.05, 0.1) is 4.90 Å². The van der Waals surface area contributed by atoms with E-state index in [9.17, 15) is 8.42 Å². The minimum absolute atomic E-state index is 0.0250. The topological polar surface area (TPSA) is 86.2 Å². The van der Waals surface area contributed by atoms with Crippen molar-refractivity contribution in [2.75, 3.05) is 0 Å². The molecule has 1 aromatic heterocycles. The molecular weight excluding hydrogens is 396 g/mol. The lowest BCUT2D eigenvalue weighted by molar-refractivity contribution is 0.519.